The predicted octanol–water partition coefficient (Wildman–Crippen LogP) is 1.57. The molecule has 0 aliphatic rings. The lowest BCUT2D eigenvalue weighted by Gasteiger charge is -2.19. The van der Waals surface area contributed by atoms with Crippen molar-refractivity contribution in [3.63, 3.8) is 0 Å². The van der Waals surface area contributed by atoms with Crippen LogP contribution in [0, 0.1) is 16.0 Å². The topological polar surface area (TPSA) is 98.9 Å². The van der Waals surface area contributed by atoms with Crippen molar-refractivity contribution in [2.45, 2.75) is 12.8 Å². The zero-order valence-electron chi connectivity index (χ0n) is 11.5. The highest BCUT2D eigenvalue weighted by molar-refractivity contribution is 5.73. The number of ether oxygens (including phenoxy) is 2. The Morgan fingerprint density at radius 2 is 2.10 bits per heavy atom. The first-order valence-electron chi connectivity index (χ1n) is 5.97. The van der Waals surface area contributed by atoms with Gasteiger partial charge in [-0.15, -0.1) is 0 Å². The standard InChI is InChI=1S/C13H17NO6/c1-8(13(16)20-3)10(7-14(17)18)9-4-5-11(15)12(6-9)19-2/h4-6,8,10,15H,7H2,1-3H3. The summed E-state index contributed by atoms with van der Waals surface area (Å²) in [6.07, 6.45) is 0. The first-order valence-corrected chi connectivity index (χ1v) is 5.97. The van der Waals surface area contributed by atoms with Crippen molar-refractivity contribution in [1.29, 1.82) is 0 Å². The van der Waals surface area contributed by atoms with E-state index < -0.39 is 29.3 Å². The number of rotatable bonds is 6. The minimum absolute atomic E-state index is 0.0678. The molecule has 0 heterocycles. The molecule has 0 fully saturated rings. The van der Waals surface area contributed by atoms with Crippen molar-refractivity contribution in [1.82, 2.24) is 0 Å². The van der Waals surface area contributed by atoms with Gasteiger partial charge < -0.3 is 14.6 Å². The molecular weight excluding hydrogens is 266 g/mol. The first kappa shape index (κ1) is 15.7. The number of phenols is 1. The minimum atomic E-state index is -0.681. The van der Waals surface area contributed by atoms with Crippen LogP contribution in [0.1, 0.15) is 18.4 Å². The van der Waals surface area contributed by atoms with Crippen LogP contribution in [0.25, 0.3) is 0 Å². The summed E-state index contributed by atoms with van der Waals surface area (Å²) in [5, 5.41) is 20.3. The molecule has 0 aromatic heterocycles. The predicted molar refractivity (Wildman–Crippen MR) is 70.4 cm³/mol. The average molecular weight is 283 g/mol. The van der Waals surface area contributed by atoms with E-state index >= 15 is 0 Å². The number of carbonyl (C=O) groups is 1. The molecular formula is C13H17NO6. The van der Waals surface area contributed by atoms with E-state index in [0.717, 1.165) is 0 Å². The number of benzene rings is 1. The molecule has 0 amide bonds. The van der Waals surface area contributed by atoms with Gasteiger partial charge in [-0.2, -0.15) is 0 Å². The van der Waals surface area contributed by atoms with Gasteiger partial charge in [-0.25, -0.2) is 0 Å². The van der Waals surface area contributed by atoms with Crippen LogP contribution < -0.4 is 4.74 Å². The third kappa shape index (κ3) is 3.59. The Hall–Kier alpha value is -2.31. The van der Waals surface area contributed by atoms with Crippen LogP contribution in [0.3, 0.4) is 0 Å². The van der Waals surface area contributed by atoms with Crippen molar-refractivity contribution in [2.75, 3.05) is 20.8 Å². The molecule has 1 aromatic carbocycles. The summed E-state index contributed by atoms with van der Waals surface area (Å²) >= 11 is 0. The summed E-state index contributed by atoms with van der Waals surface area (Å²) in [6.45, 7) is 1.16. The molecule has 0 saturated carbocycles. The number of methoxy groups -OCH3 is 2. The lowest BCUT2D eigenvalue weighted by Crippen LogP contribution is -2.26. The Bertz CT molecular complexity index is 502. The number of aromatic hydroxyl groups is 1. The molecule has 0 radical (unpaired) electrons. The van der Waals surface area contributed by atoms with Gasteiger partial charge in [-0.3, -0.25) is 14.9 Å². The third-order valence-electron chi connectivity index (χ3n) is 3.15. The number of nitro groups is 1. The molecule has 0 bridgehead atoms. The summed E-state index contributed by atoms with van der Waals surface area (Å²) in [7, 11) is 2.62. The minimum Gasteiger partial charge on any atom is -0.504 e. The zero-order chi connectivity index (χ0) is 15.3. The molecule has 0 saturated heterocycles. The molecule has 0 spiro atoms. The Morgan fingerprint density at radius 1 is 1.45 bits per heavy atom. The molecule has 0 aliphatic carbocycles. The largest absolute Gasteiger partial charge is 0.504 e. The average Bonchev–Trinajstić information content (AvgIpc) is 2.43. The Balaban J connectivity index is 3.16. The maximum Gasteiger partial charge on any atom is 0.309 e. The molecule has 1 N–H and O–H groups in total. The Morgan fingerprint density at radius 3 is 2.60 bits per heavy atom. The second kappa shape index (κ2) is 6.74. The fourth-order valence-electron chi connectivity index (χ4n) is 1.99. The number of esters is 1. The van der Waals surface area contributed by atoms with Gasteiger partial charge in [0, 0.05) is 4.92 Å². The molecule has 110 valence electrons. The van der Waals surface area contributed by atoms with Gasteiger partial charge in [0.05, 0.1) is 26.1 Å². The van der Waals surface area contributed by atoms with E-state index in [1.165, 1.54) is 32.4 Å². The Kier molecular flexibility index (Phi) is 5.31. The van der Waals surface area contributed by atoms with Crippen LogP contribution in [0.15, 0.2) is 18.2 Å². The zero-order valence-corrected chi connectivity index (χ0v) is 11.5. The highest BCUT2D eigenvalue weighted by Crippen LogP contribution is 2.33. The van der Waals surface area contributed by atoms with Crippen molar-refractivity contribution in [3.8, 4) is 11.5 Å². The molecule has 2 atom stereocenters. The number of nitrogens with zero attached hydrogens (tertiary/aromatic N) is 1. The van der Waals surface area contributed by atoms with Gasteiger partial charge in [-0.1, -0.05) is 13.0 Å². The summed E-state index contributed by atoms with van der Waals surface area (Å²) in [6, 6.07) is 4.40. The molecule has 2 unspecified atom stereocenters. The highest BCUT2D eigenvalue weighted by Gasteiger charge is 2.31. The quantitative estimate of drug-likeness (QED) is 0.483. The van der Waals surface area contributed by atoms with Gasteiger partial charge >= 0.3 is 5.97 Å². The molecule has 0 aliphatic heterocycles. The second-order valence-corrected chi connectivity index (χ2v) is 4.36. The van der Waals surface area contributed by atoms with E-state index in [4.69, 9.17) is 4.74 Å². The third-order valence-corrected chi connectivity index (χ3v) is 3.15. The van der Waals surface area contributed by atoms with Crippen LogP contribution in [-0.2, 0) is 9.53 Å². The molecule has 1 aromatic rings. The van der Waals surface area contributed by atoms with E-state index in [1.54, 1.807) is 6.92 Å². The molecule has 7 heteroatoms. The maximum atomic E-state index is 11.6. The van der Waals surface area contributed by atoms with Crippen LogP contribution in [-0.4, -0.2) is 36.8 Å². The maximum absolute atomic E-state index is 11.6. The van der Waals surface area contributed by atoms with Gasteiger partial charge in [0.15, 0.2) is 11.5 Å². The Labute approximate surface area is 116 Å². The van der Waals surface area contributed by atoms with Crippen molar-refractivity contribution < 1.29 is 24.3 Å². The smallest absolute Gasteiger partial charge is 0.309 e. The van der Waals surface area contributed by atoms with Crippen molar-refractivity contribution >= 4 is 5.97 Å². The summed E-state index contributed by atoms with van der Waals surface area (Å²) in [4.78, 5) is 21.9. The van der Waals surface area contributed by atoms with E-state index in [1.807, 2.05) is 0 Å². The van der Waals surface area contributed by atoms with Gasteiger partial charge in [0.2, 0.25) is 6.54 Å². The lowest BCUT2D eigenvalue weighted by molar-refractivity contribution is -0.484. The SMILES string of the molecule is COC(=O)C(C)C(C[N+](=O)[O-])c1ccc(O)c(OC)c1. The van der Waals surface area contributed by atoms with E-state index in [0.29, 0.717) is 5.56 Å². The number of hydrogen-bond donors (Lipinski definition) is 1. The van der Waals surface area contributed by atoms with E-state index in [-0.39, 0.29) is 11.5 Å². The van der Waals surface area contributed by atoms with Crippen LogP contribution in [0.2, 0.25) is 0 Å². The monoisotopic (exact) mass is 283 g/mol. The van der Waals surface area contributed by atoms with Crippen LogP contribution in [0.4, 0.5) is 0 Å². The van der Waals surface area contributed by atoms with Crippen LogP contribution >= 0.6 is 0 Å². The van der Waals surface area contributed by atoms with Gasteiger partial charge in [-0.05, 0) is 17.7 Å². The summed E-state index contributed by atoms with van der Waals surface area (Å²) in [5.74, 6) is -1.73. The normalized spacial score (nSPS) is 13.3. The lowest BCUT2D eigenvalue weighted by atomic mass is 9.87. The highest BCUT2D eigenvalue weighted by atomic mass is 16.6. The fraction of sp³-hybridized carbons (Fsp3) is 0.462. The van der Waals surface area contributed by atoms with Gasteiger partial charge in [0.25, 0.3) is 0 Å². The number of phenolic OH excluding ortho intramolecular Hbond substituents is 1. The van der Waals surface area contributed by atoms with Crippen molar-refractivity contribution in [3.05, 3.63) is 33.9 Å². The van der Waals surface area contributed by atoms with Crippen molar-refractivity contribution in [2.24, 2.45) is 5.92 Å². The molecule has 7 nitrogen and oxygen atoms in total. The molecule has 20 heavy (non-hydrogen) atoms. The van der Waals surface area contributed by atoms with E-state index in [2.05, 4.69) is 4.74 Å². The number of hydrogen-bond acceptors (Lipinski definition) is 6. The summed E-state index contributed by atoms with van der Waals surface area (Å²) in [5.41, 5.74) is 0.536. The number of carbonyl (C=O) groups excluding carboxylic acids is 1. The molecule has 1 rings (SSSR count). The second-order valence-electron chi connectivity index (χ2n) is 4.36. The summed E-state index contributed by atoms with van der Waals surface area (Å²) < 4.78 is 9.61. The van der Waals surface area contributed by atoms with Crippen LogP contribution in [0.5, 0.6) is 11.5 Å². The van der Waals surface area contributed by atoms with E-state index in [9.17, 15) is 20.0 Å². The fourth-order valence-corrected chi connectivity index (χ4v) is 1.99. The first-order chi connectivity index (χ1) is 9.40. The van der Waals surface area contributed by atoms with Gasteiger partial charge in [0.1, 0.15) is 0 Å².